The number of hydrogen-bond acceptors (Lipinski definition) is 2. The van der Waals surface area contributed by atoms with Crippen LogP contribution in [-0.2, 0) is 0 Å². The van der Waals surface area contributed by atoms with Crippen molar-refractivity contribution in [1.29, 1.82) is 0 Å². The Morgan fingerprint density at radius 3 is 1.45 bits per heavy atom. The van der Waals surface area contributed by atoms with Gasteiger partial charge in [0, 0.05) is 27.8 Å². The van der Waals surface area contributed by atoms with Gasteiger partial charge in [-0.25, -0.2) is 0 Å². The second-order valence-electron chi connectivity index (χ2n) is 14.9. The van der Waals surface area contributed by atoms with E-state index in [0.29, 0.717) is 0 Å². The van der Waals surface area contributed by atoms with Crippen LogP contribution in [0.4, 0.5) is 17.1 Å². The van der Waals surface area contributed by atoms with E-state index >= 15 is 0 Å². The van der Waals surface area contributed by atoms with E-state index < -0.39 is 0 Å². The maximum absolute atomic E-state index is 6.24. The van der Waals surface area contributed by atoms with E-state index in [1.54, 1.807) is 0 Å². The second-order valence-corrected chi connectivity index (χ2v) is 14.9. The van der Waals surface area contributed by atoms with E-state index in [2.05, 4.69) is 217 Å². The molecule has 0 saturated heterocycles. The molecule has 0 atom stereocenters. The fourth-order valence-electron chi connectivity index (χ4n) is 8.74. The Morgan fingerprint density at radius 1 is 0.241 bits per heavy atom. The average Bonchev–Trinajstić information content (AvgIpc) is 3.68. The van der Waals surface area contributed by atoms with Gasteiger partial charge >= 0.3 is 0 Å². The summed E-state index contributed by atoms with van der Waals surface area (Å²) in [4.78, 5) is 2.35. The van der Waals surface area contributed by atoms with Crippen LogP contribution in [0.3, 0.4) is 0 Å². The van der Waals surface area contributed by atoms with Crippen molar-refractivity contribution in [3.05, 3.63) is 224 Å². The lowest BCUT2D eigenvalue weighted by molar-refractivity contribution is 0.669. The Bertz CT molecular complexity index is 3260. The predicted octanol–water partition coefficient (Wildman–Crippen LogP) is 16.0. The largest absolute Gasteiger partial charge is 0.456 e. The molecule has 58 heavy (non-hydrogen) atoms. The van der Waals surface area contributed by atoms with E-state index in [1.165, 1.54) is 60.5 Å². The molecule has 1 aromatic heterocycles. The first-order chi connectivity index (χ1) is 28.8. The van der Waals surface area contributed by atoms with Gasteiger partial charge in [-0.1, -0.05) is 170 Å². The van der Waals surface area contributed by atoms with Crippen LogP contribution >= 0.6 is 0 Å². The molecule has 0 aliphatic heterocycles. The summed E-state index contributed by atoms with van der Waals surface area (Å²) in [5.41, 5.74) is 14.6. The van der Waals surface area contributed by atoms with Gasteiger partial charge in [-0.3, -0.25) is 0 Å². The Kier molecular flexibility index (Phi) is 8.19. The van der Waals surface area contributed by atoms with Crippen LogP contribution in [0.5, 0.6) is 0 Å². The van der Waals surface area contributed by atoms with Gasteiger partial charge in [0.2, 0.25) is 0 Å². The summed E-state index contributed by atoms with van der Waals surface area (Å²) < 4.78 is 6.24. The van der Waals surface area contributed by atoms with Crippen molar-refractivity contribution in [3.63, 3.8) is 0 Å². The minimum atomic E-state index is 0.882. The topological polar surface area (TPSA) is 16.4 Å². The van der Waals surface area contributed by atoms with E-state index in [9.17, 15) is 0 Å². The number of fused-ring (bicyclic) bond motifs is 6. The summed E-state index contributed by atoms with van der Waals surface area (Å²) in [7, 11) is 0. The van der Waals surface area contributed by atoms with E-state index in [4.69, 9.17) is 4.42 Å². The molecular formula is C56H37NO. The molecule has 0 aliphatic carbocycles. The molecule has 1 heterocycles. The van der Waals surface area contributed by atoms with Gasteiger partial charge in [-0.2, -0.15) is 0 Å². The molecule has 0 unspecified atom stereocenters. The maximum Gasteiger partial charge on any atom is 0.135 e. The number of rotatable bonds is 7. The van der Waals surface area contributed by atoms with Crippen molar-refractivity contribution in [2.75, 3.05) is 4.90 Å². The highest BCUT2D eigenvalue weighted by Crippen LogP contribution is 2.46. The van der Waals surface area contributed by atoms with Crippen LogP contribution in [0.2, 0.25) is 0 Å². The molecule has 0 amide bonds. The second kappa shape index (κ2) is 14.1. The normalized spacial score (nSPS) is 11.4. The average molecular weight is 740 g/mol. The molecule has 272 valence electrons. The highest BCUT2D eigenvalue weighted by atomic mass is 16.3. The van der Waals surface area contributed by atoms with Gasteiger partial charge in [0.15, 0.2) is 0 Å². The maximum atomic E-state index is 6.24. The quantitative estimate of drug-likeness (QED) is 0.151. The lowest BCUT2D eigenvalue weighted by atomic mass is 9.84. The van der Waals surface area contributed by atoms with E-state index in [0.717, 1.165) is 44.6 Å². The number of furan rings is 1. The predicted molar refractivity (Wildman–Crippen MR) is 245 cm³/mol. The number of hydrogen-bond donors (Lipinski definition) is 0. The Morgan fingerprint density at radius 2 is 0.724 bits per heavy atom. The SMILES string of the molecule is c1ccc(-c2cccc(N(c3ccc(-c4ccc5c(c4)c(-c4ccccc4)c(-c4ccccc4)c4ccccc45)cc3)c3ccc4oc5ccccc5c4c3)c2)cc1. The lowest BCUT2D eigenvalue weighted by Gasteiger charge is -2.26. The summed E-state index contributed by atoms with van der Waals surface area (Å²) in [5, 5.41) is 7.22. The highest BCUT2D eigenvalue weighted by Gasteiger charge is 2.20. The number of benzene rings is 10. The fourth-order valence-corrected chi connectivity index (χ4v) is 8.74. The van der Waals surface area contributed by atoms with Crippen LogP contribution < -0.4 is 4.90 Å². The minimum Gasteiger partial charge on any atom is -0.456 e. The van der Waals surface area contributed by atoms with Crippen molar-refractivity contribution in [1.82, 2.24) is 0 Å². The van der Waals surface area contributed by atoms with Gasteiger partial charge in [-0.05, 0) is 121 Å². The van der Waals surface area contributed by atoms with Crippen LogP contribution in [-0.4, -0.2) is 0 Å². The van der Waals surface area contributed by atoms with Crippen molar-refractivity contribution >= 4 is 60.5 Å². The van der Waals surface area contributed by atoms with Crippen LogP contribution in [0.1, 0.15) is 0 Å². The molecule has 0 aliphatic rings. The third-order valence-corrected chi connectivity index (χ3v) is 11.4. The summed E-state index contributed by atoms with van der Waals surface area (Å²) in [6.07, 6.45) is 0. The van der Waals surface area contributed by atoms with Crippen LogP contribution in [0.15, 0.2) is 229 Å². The fraction of sp³-hybridized carbons (Fsp3) is 0. The Balaban J connectivity index is 1.07. The monoisotopic (exact) mass is 739 g/mol. The van der Waals surface area contributed by atoms with Crippen molar-refractivity contribution in [3.8, 4) is 44.5 Å². The first-order valence-electron chi connectivity index (χ1n) is 19.8. The molecule has 0 bridgehead atoms. The number of para-hydroxylation sites is 1. The smallest absolute Gasteiger partial charge is 0.135 e. The summed E-state index contributed by atoms with van der Waals surface area (Å²) in [6.45, 7) is 0. The first-order valence-corrected chi connectivity index (χ1v) is 19.8. The first kappa shape index (κ1) is 33.6. The molecule has 11 aromatic rings. The van der Waals surface area contributed by atoms with Crippen molar-refractivity contribution < 1.29 is 4.42 Å². The Labute approximate surface area is 337 Å². The van der Waals surface area contributed by atoms with Gasteiger partial charge < -0.3 is 9.32 Å². The minimum absolute atomic E-state index is 0.882. The molecular weight excluding hydrogens is 703 g/mol. The molecule has 2 heteroatoms. The number of anilines is 3. The molecule has 11 rings (SSSR count). The number of nitrogens with zero attached hydrogens (tertiary/aromatic N) is 1. The Hall–Kier alpha value is -7.68. The van der Waals surface area contributed by atoms with Gasteiger partial charge in [0.05, 0.1) is 0 Å². The van der Waals surface area contributed by atoms with Gasteiger partial charge in [0.1, 0.15) is 11.2 Å². The third-order valence-electron chi connectivity index (χ3n) is 11.4. The lowest BCUT2D eigenvalue weighted by Crippen LogP contribution is -2.10. The van der Waals surface area contributed by atoms with E-state index in [-0.39, 0.29) is 0 Å². The molecule has 0 fully saturated rings. The molecule has 2 nitrogen and oxygen atoms in total. The zero-order valence-electron chi connectivity index (χ0n) is 31.7. The van der Waals surface area contributed by atoms with Gasteiger partial charge in [-0.15, -0.1) is 0 Å². The molecule has 0 radical (unpaired) electrons. The zero-order valence-corrected chi connectivity index (χ0v) is 31.7. The van der Waals surface area contributed by atoms with Crippen LogP contribution in [0.25, 0.3) is 88.0 Å². The standard InChI is InChI=1S/C56H37NO/c1-4-15-38(16-5-1)42-21-14-22-45(35-42)57(46-32-34-54-51(37-46)49-24-12-13-26-53(49)58-54)44-30-27-39(28-31-44)43-29-33-48-47-23-10-11-25-50(47)55(40-17-6-2-7-18-40)56(52(48)36-43)41-19-8-3-9-20-41/h1-37H. The van der Waals surface area contributed by atoms with E-state index in [1.807, 2.05) is 12.1 Å². The van der Waals surface area contributed by atoms with Crippen molar-refractivity contribution in [2.24, 2.45) is 0 Å². The summed E-state index contributed by atoms with van der Waals surface area (Å²) in [6, 6.07) is 80.7. The zero-order chi connectivity index (χ0) is 38.4. The van der Waals surface area contributed by atoms with Crippen molar-refractivity contribution in [2.45, 2.75) is 0 Å². The highest BCUT2D eigenvalue weighted by molar-refractivity contribution is 6.22. The summed E-state index contributed by atoms with van der Waals surface area (Å²) >= 11 is 0. The third kappa shape index (κ3) is 5.82. The molecule has 0 spiro atoms. The molecule has 0 saturated carbocycles. The summed E-state index contributed by atoms with van der Waals surface area (Å²) in [5.74, 6) is 0. The molecule has 0 N–H and O–H groups in total. The van der Waals surface area contributed by atoms with Crippen LogP contribution in [0, 0.1) is 0 Å². The van der Waals surface area contributed by atoms with Gasteiger partial charge in [0.25, 0.3) is 0 Å². The molecule has 10 aromatic carbocycles.